The van der Waals surface area contributed by atoms with Crippen LogP contribution < -0.4 is 16.6 Å². The zero-order valence-electron chi connectivity index (χ0n) is 20.7. The molecule has 0 fully saturated rings. The lowest BCUT2D eigenvalue weighted by molar-refractivity contribution is -0.146. The molecule has 0 spiro atoms. The molecule has 38 heavy (non-hydrogen) atoms. The van der Waals surface area contributed by atoms with Crippen LogP contribution in [-0.2, 0) is 14.3 Å². The van der Waals surface area contributed by atoms with Gasteiger partial charge in [0.25, 0.3) is 11.5 Å². The van der Waals surface area contributed by atoms with Crippen LogP contribution in [0.4, 0.5) is 5.69 Å². The van der Waals surface area contributed by atoms with Gasteiger partial charge >= 0.3 is 5.97 Å². The molecule has 2 unspecified atom stereocenters. The number of aromatic amines is 1. The van der Waals surface area contributed by atoms with E-state index >= 15 is 0 Å². The van der Waals surface area contributed by atoms with Gasteiger partial charge in [0.1, 0.15) is 23.2 Å². The van der Waals surface area contributed by atoms with Crippen molar-refractivity contribution in [2.45, 2.75) is 19.8 Å². The number of aliphatic imine (C=N–C) groups is 1. The van der Waals surface area contributed by atoms with Crippen molar-refractivity contribution in [1.82, 2.24) is 10.2 Å². The van der Waals surface area contributed by atoms with Crippen LogP contribution >= 0.6 is 0 Å². The van der Waals surface area contributed by atoms with Crippen molar-refractivity contribution in [3.8, 4) is 29.4 Å². The quantitative estimate of drug-likeness (QED) is 0.292. The van der Waals surface area contributed by atoms with E-state index in [9.17, 15) is 19.5 Å². The number of terminal acetylenes is 1. The first-order valence-electron chi connectivity index (χ1n) is 11.7. The number of allylic oxidation sites excluding steroid dienone is 1. The number of hydrogen-bond donors (Lipinski definition) is 4. The number of nitrogens with two attached hydrogens (primary N) is 1. The van der Waals surface area contributed by atoms with E-state index in [-0.39, 0.29) is 29.5 Å². The average Bonchev–Trinajstić information content (AvgIpc) is 2.89. The van der Waals surface area contributed by atoms with Crippen molar-refractivity contribution >= 4 is 23.4 Å². The van der Waals surface area contributed by atoms with Crippen molar-refractivity contribution in [3.05, 3.63) is 87.3 Å². The molecule has 1 aliphatic heterocycles. The summed E-state index contributed by atoms with van der Waals surface area (Å²) in [7, 11) is 0. The fraction of sp³-hybridized carbons (Fsp3) is 0.179. The van der Waals surface area contributed by atoms with Crippen LogP contribution in [-0.4, -0.2) is 39.6 Å². The number of nitrogens with zero attached hydrogens (tertiary/aromatic N) is 2. The predicted molar refractivity (Wildman–Crippen MR) is 142 cm³/mol. The molecule has 10 heteroatoms. The lowest BCUT2D eigenvalue weighted by atomic mass is 9.76. The van der Waals surface area contributed by atoms with Gasteiger partial charge in [-0.3, -0.25) is 14.4 Å². The Morgan fingerprint density at radius 1 is 1.21 bits per heavy atom. The van der Waals surface area contributed by atoms with E-state index < -0.39 is 29.3 Å². The highest BCUT2D eigenvalue weighted by Crippen LogP contribution is 2.39. The number of anilines is 1. The number of H-pyrrole nitrogens is 1. The molecule has 1 aromatic heterocycles. The number of ether oxygens (including phenoxy) is 1. The SMILES string of the molecule is C#Cc1cccc(C2C(C(=O)Nc3ccc(-c4n[nH]c(=O)cc4O)cc3)=C(C)N=C(N)C2C(=O)OCC)c1. The van der Waals surface area contributed by atoms with Gasteiger partial charge in [0.05, 0.1) is 6.61 Å². The van der Waals surface area contributed by atoms with Gasteiger partial charge in [-0.05, 0) is 43.7 Å². The zero-order chi connectivity index (χ0) is 27.4. The molecule has 3 aromatic rings. The molecule has 1 amide bonds. The number of aromatic nitrogens is 2. The third-order valence-electron chi connectivity index (χ3n) is 6.05. The standard InChI is InChI=1S/C28H25N5O5/c1-4-16-7-6-8-18(13-16)23-22(15(3)30-26(29)24(23)28(37)38-5-2)27(36)31-19-11-9-17(10-12-19)25-20(34)14-21(35)32-33-25/h1,6-14,23-24H,5H2,2-3H3,(H2,29,30)(H,31,36)(H2,32,34,35). The normalized spacial score (nSPS) is 16.8. The van der Waals surface area contributed by atoms with Gasteiger partial charge in [-0.25, -0.2) is 10.1 Å². The van der Waals surface area contributed by atoms with E-state index in [0.29, 0.717) is 28.1 Å². The van der Waals surface area contributed by atoms with Crippen molar-refractivity contribution in [2.75, 3.05) is 11.9 Å². The smallest absolute Gasteiger partial charge is 0.317 e. The van der Waals surface area contributed by atoms with Gasteiger partial charge in [-0.2, -0.15) is 5.10 Å². The van der Waals surface area contributed by atoms with E-state index in [0.717, 1.165) is 6.07 Å². The van der Waals surface area contributed by atoms with Crippen molar-refractivity contribution in [3.63, 3.8) is 0 Å². The molecule has 1 aliphatic rings. The molecule has 0 saturated carbocycles. The van der Waals surface area contributed by atoms with E-state index in [2.05, 4.69) is 26.4 Å². The molecule has 192 valence electrons. The molecule has 0 aliphatic carbocycles. The Balaban J connectivity index is 1.70. The summed E-state index contributed by atoms with van der Waals surface area (Å²) in [5, 5.41) is 19.0. The summed E-state index contributed by atoms with van der Waals surface area (Å²) < 4.78 is 5.27. The fourth-order valence-electron chi connectivity index (χ4n) is 4.38. The maximum absolute atomic E-state index is 13.6. The number of esters is 1. The summed E-state index contributed by atoms with van der Waals surface area (Å²) in [6, 6.07) is 14.5. The van der Waals surface area contributed by atoms with E-state index in [1.807, 2.05) is 0 Å². The van der Waals surface area contributed by atoms with Crippen LogP contribution in [0, 0.1) is 18.3 Å². The number of rotatable bonds is 6. The molecule has 2 atom stereocenters. The van der Waals surface area contributed by atoms with Crippen LogP contribution in [0.2, 0.25) is 0 Å². The number of carbonyl (C=O) groups is 2. The van der Waals surface area contributed by atoms with Gasteiger partial charge in [0, 0.05) is 40.1 Å². The largest absolute Gasteiger partial charge is 0.505 e. The molecule has 2 heterocycles. The highest BCUT2D eigenvalue weighted by Gasteiger charge is 2.42. The highest BCUT2D eigenvalue weighted by molar-refractivity contribution is 6.11. The molecule has 5 N–H and O–H groups in total. The minimum atomic E-state index is -1.02. The van der Waals surface area contributed by atoms with E-state index in [1.54, 1.807) is 62.4 Å². The van der Waals surface area contributed by atoms with E-state index in [1.165, 1.54) is 0 Å². The summed E-state index contributed by atoms with van der Waals surface area (Å²) in [6.45, 7) is 3.47. The van der Waals surface area contributed by atoms with Gasteiger partial charge in [0.2, 0.25) is 0 Å². The third-order valence-corrected chi connectivity index (χ3v) is 6.05. The fourth-order valence-corrected chi connectivity index (χ4v) is 4.38. The summed E-state index contributed by atoms with van der Waals surface area (Å²) >= 11 is 0. The number of carbonyl (C=O) groups excluding carboxylic acids is 2. The highest BCUT2D eigenvalue weighted by atomic mass is 16.5. The zero-order valence-corrected chi connectivity index (χ0v) is 20.7. The number of benzene rings is 2. The molecule has 4 rings (SSSR count). The van der Waals surface area contributed by atoms with Crippen molar-refractivity contribution in [1.29, 1.82) is 0 Å². The number of nitrogens with one attached hydrogen (secondary N) is 2. The second-order valence-electron chi connectivity index (χ2n) is 8.51. The number of amidine groups is 1. The van der Waals surface area contributed by atoms with Gasteiger partial charge < -0.3 is 20.9 Å². The Labute approximate surface area is 218 Å². The summed E-state index contributed by atoms with van der Waals surface area (Å²) in [5.41, 5.74) is 8.62. The molecule has 0 bridgehead atoms. The molecular weight excluding hydrogens is 486 g/mol. The average molecular weight is 512 g/mol. The monoisotopic (exact) mass is 511 g/mol. The van der Waals surface area contributed by atoms with Gasteiger partial charge in [-0.1, -0.05) is 30.2 Å². The van der Waals surface area contributed by atoms with E-state index in [4.69, 9.17) is 16.9 Å². The first kappa shape index (κ1) is 25.9. The maximum Gasteiger partial charge on any atom is 0.317 e. The number of aromatic hydroxyl groups is 1. The topological polar surface area (TPSA) is 160 Å². The van der Waals surface area contributed by atoms with Crippen molar-refractivity contribution in [2.24, 2.45) is 16.6 Å². The first-order chi connectivity index (χ1) is 18.2. The van der Waals surface area contributed by atoms with Crippen LogP contribution in [0.1, 0.15) is 30.9 Å². The Morgan fingerprint density at radius 3 is 2.61 bits per heavy atom. The minimum Gasteiger partial charge on any atom is -0.505 e. The molecule has 2 aromatic carbocycles. The maximum atomic E-state index is 13.6. The summed E-state index contributed by atoms with van der Waals surface area (Å²) in [4.78, 5) is 42.2. The third kappa shape index (κ3) is 5.17. The van der Waals surface area contributed by atoms with Crippen molar-refractivity contribution < 1.29 is 19.4 Å². The number of hydrogen-bond acceptors (Lipinski definition) is 8. The van der Waals surface area contributed by atoms with Crippen LogP contribution in [0.3, 0.4) is 0 Å². The summed E-state index contributed by atoms with van der Waals surface area (Å²) in [6.07, 6.45) is 5.59. The lowest BCUT2D eigenvalue weighted by Gasteiger charge is -2.31. The first-order valence-corrected chi connectivity index (χ1v) is 11.7. The van der Waals surface area contributed by atoms with Gasteiger partial charge in [0.15, 0.2) is 0 Å². The van der Waals surface area contributed by atoms with Crippen LogP contribution in [0.5, 0.6) is 5.75 Å². The second kappa shape index (κ2) is 10.8. The van der Waals surface area contributed by atoms with Crippen LogP contribution in [0.15, 0.2) is 75.7 Å². The predicted octanol–water partition coefficient (Wildman–Crippen LogP) is 2.67. The number of amides is 1. The lowest BCUT2D eigenvalue weighted by Crippen LogP contribution is -2.42. The Bertz CT molecular complexity index is 1560. The summed E-state index contributed by atoms with van der Waals surface area (Å²) in [5.74, 6) is -0.550. The van der Waals surface area contributed by atoms with Gasteiger partial charge in [-0.15, -0.1) is 6.42 Å². The molecule has 0 saturated heterocycles. The molecule has 10 nitrogen and oxygen atoms in total. The second-order valence-corrected chi connectivity index (χ2v) is 8.51. The Hall–Kier alpha value is -5.17. The minimum absolute atomic E-state index is 0.0474. The Morgan fingerprint density at radius 2 is 1.95 bits per heavy atom. The van der Waals surface area contributed by atoms with Crippen LogP contribution in [0.25, 0.3) is 11.3 Å². The Kier molecular flexibility index (Phi) is 7.39. The molecular formula is C28H25N5O5. The molecule has 0 radical (unpaired) electrons.